The van der Waals surface area contributed by atoms with E-state index in [0.717, 1.165) is 135 Å². The summed E-state index contributed by atoms with van der Waals surface area (Å²) in [6.45, 7) is 28.3. The molecule has 0 saturated heterocycles. The highest BCUT2D eigenvalue weighted by Gasteiger charge is 2.18. The van der Waals surface area contributed by atoms with E-state index >= 15 is 0 Å². The molecule has 664 valence electrons. The predicted molar refractivity (Wildman–Crippen MR) is 556 cm³/mol. The van der Waals surface area contributed by atoms with Crippen molar-refractivity contribution >= 4 is 0 Å². The summed E-state index contributed by atoms with van der Waals surface area (Å²) in [6, 6.07) is 124. The van der Waals surface area contributed by atoms with Crippen molar-refractivity contribution in [1.29, 1.82) is 0 Å². The minimum Gasteiger partial charge on any atom is -0.265 e. The van der Waals surface area contributed by atoms with Crippen LogP contribution in [-0.2, 0) is 0 Å². The first-order valence-corrected chi connectivity index (χ1v) is 45.7. The summed E-state index contributed by atoms with van der Waals surface area (Å²) in [5, 5.41) is 0. The Morgan fingerprint density at radius 1 is 0.134 bits per heavy atom. The van der Waals surface area contributed by atoms with E-state index in [1.165, 1.54) is 22.3 Å². The zero-order chi connectivity index (χ0) is 94.4. The second-order valence-corrected chi connectivity index (χ2v) is 29.2. The SMILES string of the molecule is CC.CC.CC.CC.CC.Cc1ccc(-c2nc(-c3ccccc3)nc(-c3ccc(C)cc3)n2)cc1.Cc1cccc(-c2nc(-c3ccccc3)nc(-c3cccc(C)c3)n2)c1.c1ccc(-c2cc(-c3ccccn3)cc(-c3ccccn3)n2)cc1.c1ccc(-c2cc(-c3cccnc3)cc(-c3cccnc3)n2)cc1.c1ccc(-c2cc(-c3ccncc3)cc(-c3ccncc3)n2)cc1. The van der Waals surface area contributed by atoms with Crippen LogP contribution in [0.2, 0.25) is 0 Å². The van der Waals surface area contributed by atoms with Gasteiger partial charge in [0.1, 0.15) is 0 Å². The van der Waals surface area contributed by atoms with Gasteiger partial charge in [0, 0.05) is 134 Å². The van der Waals surface area contributed by atoms with Crippen molar-refractivity contribution in [2.45, 2.75) is 96.9 Å². The molecule has 11 aromatic heterocycles. The van der Waals surface area contributed by atoms with Crippen LogP contribution in [0.4, 0.5) is 0 Å². The lowest BCUT2D eigenvalue weighted by Crippen LogP contribution is -2.00. The van der Waals surface area contributed by atoms with Gasteiger partial charge in [0.05, 0.1) is 45.6 Å². The number of hydrogen-bond acceptors (Lipinski definition) is 15. The second-order valence-electron chi connectivity index (χ2n) is 29.2. The van der Waals surface area contributed by atoms with Gasteiger partial charge in [0.2, 0.25) is 0 Å². The molecule has 0 unspecified atom stereocenters. The second kappa shape index (κ2) is 52.7. The van der Waals surface area contributed by atoms with E-state index < -0.39 is 0 Å². The predicted octanol–water partition coefficient (Wildman–Crippen LogP) is 30.7. The van der Waals surface area contributed by atoms with Crippen LogP contribution >= 0.6 is 0 Å². The Hall–Kier alpha value is -16.7. The number of aryl methyl sites for hydroxylation is 4. The molecule has 0 spiro atoms. The normalized spacial score (nSPS) is 10.0. The maximum atomic E-state index is 4.86. The van der Waals surface area contributed by atoms with Crippen molar-refractivity contribution < 1.29 is 0 Å². The Bertz CT molecular complexity index is 5890. The fourth-order valence-corrected chi connectivity index (χ4v) is 13.6. The van der Waals surface area contributed by atoms with Crippen molar-refractivity contribution in [1.82, 2.24) is 74.8 Å². The summed E-state index contributed by atoms with van der Waals surface area (Å²) in [7, 11) is 0. The summed E-state index contributed by atoms with van der Waals surface area (Å²) in [6.07, 6.45) is 18.1. The molecule has 15 heteroatoms. The van der Waals surface area contributed by atoms with E-state index in [0.29, 0.717) is 34.9 Å². The Balaban J connectivity index is 0.000000157. The van der Waals surface area contributed by atoms with Crippen LogP contribution in [0.3, 0.4) is 0 Å². The maximum Gasteiger partial charge on any atom is 0.164 e. The third-order valence-electron chi connectivity index (χ3n) is 20.0. The van der Waals surface area contributed by atoms with E-state index in [1.807, 2.05) is 318 Å². The van der Waals surface area contributed by atoms with E-state index in [-0.39, 0.29) is 0 Å². The van der Waals surface area contributed by atoms with Gasteiger partial charge in [0.15, 0.2) is 34.9 Å². The fraction of sp³-hybridized carbons (Fsp3) is 0.118. The minimum absolute atomic E-state index is 0.687. The third-order valence-corrected chi connectivity index (χ3v) is 20.0. The van der Waals surface area contributed by atoms with Gasteiger partial charge in [-0.05, 0) is 160 Å². The van der Waals surface area contributed by atoms with E-state index in [2.05, 4.69) is 203 Å². The van der Waals surface area contributed by atoms with Crippen LogP contribution in [0.5, 0.6) is 0 Å². The molecular weight excluding hydrogens is 1640 g/mol. The molecule has 0 aliphatic heterocycles. The van der Waals surface area contributed by atoms with Gasteiger partial charge in [-0.25, -0.2) is 44.9 Å². The number of rotatable bonds is 15. The van der Waals surface area contributed by atoms with Crippen LogP contribution in [0.25, 0.3) is 170 Å². The zero-order valence-corrected chi connectivity index (χ0v) is 78.7. The third kappa shape index (κ3) is 28.2. The molecule has 0 amide bonds. The molecule has 20 aromatic rings. The number of pyridine rings is 9. The minimum atomic E-state index is 0.687. The van der Waals surface area contributed by atoms with Gasteiger partial charge in [-0.2, -0.15) is 0 Å². The maximum absolute atomic E-state index is 4.86. The van der Waals surface area contributed by atoms with Gasteiger partial charge in [-0.15, -0.1) is 0 Å². The average Bonchev–Trinajstić information content (AvgIpc) is 0.827. The molecular formula is C119H113N15. The lowest BCUT2D eigenvalue weighted by molar-refractivity contribution is 1.07. The lowest BCUT2D eigenvalue weighted by atomic mass is 10.0. The highest BCUT2D eigenvalue weighted by Crippen LogP contribution is 2.35. The summed E-state index contributed by atoms with van der Waals surface area (Å²) in [5.41, 5.74) is 28.8. The molecule has 15 nitrogen and oxygen atoms in total. The molecule has 11 heterocycles. The quantitative estimate of drug-likeness (QED) is 0.0940. The topological polar surface area (TPSA) is 193 Å². The molecule has 20 rings (SSSR count). The van der Waals surface area contributed by atoms with E-state index in [9.17, 15) is 0 Å². The Labute approximate surface area is 790 Å². The molecule has 0 aliphatic rings. The number of benzene rings is 9. The van der Waals surface area contributed by atoms with Crippen molar-refractivity contribution in [3.05, 3.63) is 454 Å². The summed E-state index contributed by atoms with van der Waals surface area (Å²) in [4.78, 5) is 68.5. The highest BCUT2D eigenvalue weighted by atomic mass is 15.0. The molecule has 0 aliphatic carbocycles. The Kier molecular flexibility index (Phi) is 38.5. The first-order valence-electron chi connectivity index (χ1n) is 45.7. The van der Waals surface area contributed by atoms with E-state index in [4.69, 9.17) is 44.9 Å². The molecule has 0 fully saturated rings. The monoisotopic (exact) mass is 1750 g/mol. The van der Waals surface area contributed by atoms with Crippen molar-refractivity contribution in [3.8, 4) is 170 Å². The largest absolute Gasteiger partial charge is 0.265 e. The van der Waals surface area contributed by atoms with Crippen molar-refractivity contribution in [2.24, 2.45) is 0 Å². The Morgan fingerprint density at radius 2 is 0.410 bits per heavy atom. The van der Waals surface area contributed by atoms with Crippen LogP contribution < -0.4 is 0 Å². The van der Waals surface area contributed by atoms with Crippen LogP contribution in [0.1, 0.15) is 91.5 Å². The zero-order valence-electron chi connectivity index (χ0n) is 78.7. The van der Waals surface area contributed by atoms with Crippen LogP contribution in [-0.4, -0.2) is 74.8 Å². The smallest absolute Gasteiger partial charge is 0.164 e. The lowest BCUT2D eigenvalue weighted by Gasteiger charge is -2.10. The number of aromatic nitrogens is 15. The first-order chi connectivity index (χ1) is 66.1. The molecule has 0 saturated carbocycles. The number of nitrogens with zero attached hydrogens (tertiary/aromatic N) is 15. The van der Waals surface area contributed by atoms with E-state index in [1.54, 1.807) is 37.2 Å². The average molecular weight is 1750 g/mol. The van der Waals surface area contributed by atoms with Gasteiger partial charge >= 0.3 is 0 Å². The molecule has 9 aromatic carbocycles. The molecule has 0 atom stereocenters. The van der Waals surface area contributed by atoms with Gasteiger partial charge in [-0.3, -0.25) is 29.9 Å². The van der Waals surface area contributed by atoms with Crippen molar-refractivity contribution in [3.63, 3.8) is 0 Å². The molecule has 0 radical (unpaired) electrons. The molecule has 134 heavy (non-hydrogen) atoms. The fourth-order valence-electron chi connectivity index (χ4n) is 13.6. The summed E-state index contributed by atoms with van der Waals surface area (Å²) in [5.74, 6) is 4.14. The van der Waals surface area contributed by atoms with Crippen LogP contribution in [0, 0.1) is 27.7 Å². The summed E-state index contributed by atoms with van der Waals surface area (Å²) >= 11 is 0. The standard InChI is InChI=1S/2C23H19N3.3C21H15N3.5C2H6/c1-16-8-6-12-19(14-16)22-24-21(18-10-4-3-5-11-18)25-23(26-22)20-13-7-9-17(2)15-20;1-16-8-12-19(13-9-16)22-24-21(18-6-4-3-5-7-18)25-23(26-22)20-14-10-17(2)11-15-20;1-2-8-16(9-3-1)20-14-17(18-10-4-6-12-22-18)15-21(24-20)19-11-5-7-13-23-19;1-2-6-16(7-3-1)20-12-19(17-8-4-10-22-14-17)13-21(24-20)18-9-5-11-23-15-18;1-2-4-17(5-3-1)20-14-19(16-6-10-22-11-7-16)15-21(24-20)18-8-12-23-13-9-18;5*1-2/h2*3-15H,1-2H3;3*1-15H;5*1-2H3. The van der Waals surface area contributed by atoms with Gasteiger partial charge < -0.3 is 0 Å². The van der Waals surface area contributed by atoms with Crippen LogP contribution in [0.15, 0.2) is 432 Å². The first kappa shape index (κ1) is 98.0. The van der Waals surface area contributed by atoms with Crippen molar-refractivity contribution in [2.75, 3.05) is 0 Å². The summed E-state index contributed by atoms with van der Waals surface area (Å²) < 4.78 is 0. The Morgan fingerprint density at radius 3 is 0.761 bits per heavy atom. The number of hydrogen-bond donors (Lipinski definition) is 0. The molecule has 0 bridgehead atoms. The highest BCUT2D eigenvalue weighted by molar-refractivity contribution is 5.80. The van der Waals surface area contributed by atoms with Gasteiger partial charge in [-0.1, -0.05) is 346 Å². The van der Waals surface area contributed by atoms with Gasteiger partial charge in [0.25, 0.3) is 0 Å². The molecule has 0 N–H and O–H groups in total.